The van der Waals surface area contributed by atoms with Crippen LogP contribution in [0.1, 0.15) is 11.8 Å². The predicted octanol–water partition coefficient (Wildman–Crippen LogP) is 2.14. The molecule has 0 aliphatic heterocycles. The maximum Gasteiger partial charge on any atom is 0.314 e. The lowest BCUT2D eigenvalue weighted by Gasteiger charge is -2.20. The summed E-state index contributed by atoms with van der Waals surface area (Å²) in [7, 11) is -3.77. The second-order valence-corrected chi connectivity index (χ2v) is 8.99. The Labute approximate surface area is 151 Å². The van der Waals surface area contributed by atoms with Gasteiger partial charge in [-0.2, -0.15) is 4.31 Å². The van der Waals surface area contributed by atoms with Crippen LogP contribution in [0.3, 0.4) is 0 Å². The van der Waals surface area contributed by atoms with Crippen LogP contribution in [0, 0.1) is 0 Å². The molecule has 10 heteroatoms. The second-order valence-electron chi connectivity index (χ2n) is 5.25. The number of nitrogens with zero attached hydrogens (tertiary/aromatic N) is 1. The molecule has 2 aromatic heterocycles. The van der Waals surface area contributed by atoms with Gasteiger partial charge in [0.15, 0.2) is 0 Å². The molecule has 0 spiro atoms. The van der Waals surface area contributed by atoms with Crippen LogP contribution in [0.25, 0.3) is 11.0 Å². The first-order valence-corrected chi connectivity index (χ1v) is 9.95. The van der Waals surface area contributed by atoms with Crippen molar-refractivity contribution in [1.82, 2.24) is 14.3 Å². The number of hydrogen-bond donors (Lipinski definition) is 2. The molecule has 0 unspecified atom stereocenters. The van der Waals surface area contributed by atoms with Gasteiger partial charge < -0.3 is 9.97 Å². The Morgan fingerprint density at radius 1 is 1.08 bits per heavy atom. The van der Waals surface area contributed by atoms with Gasteiger partial charge in [0.1, 0.15) is 0 Å². The molecular weight excluding hydrogens is 386 g/mol. The standard InChI is InChI=1S/C15H14ClN3O4S2/c1-2-19(8-9-3-6-13(16)24-9)25(22,23)10-4-5-11-12(7-10)18-15(21)14(20)17-11/h3-7H,2,8H2,1H3,(H,17,20)(H,18,21). The second kappa shape index (κ2) is 6.75. The van der Waals surface area contributed by atoms with Crippen molar-refractivity contribution in [3.05, 3.63) is 60.3 Å². The first-order valence-electron chi connectivity index (χ1n) is 7.32. The number of nitrogens with one attached hydrogen (secondary N) is 2. The molecule has 7 nitrogen and oxygen atoms in total. The highest BCUT2D eigenvalue weighted by Crippen LogP contribution is 2.26. The van der Waals surface area contributed by atoms with Crippen molar-refractivity contribution < 1.29 is 8.42 Å². The van der Waals surface area contributed by atoms with Gasteiger partial charge in [-0.3, -0.25) is 9.59 Å². The van der Waals surface area contributed by atoms with E-state index in [1.165, 1.54) is 33.8 Å². The number of thiophene rings is 1. The smallest absolute Gasteiger partial charge is 0.314 e. The third-order valence-electron chi connectivity index (χ3n) is 3.65. The molecule has 0 aliphatic carbocycles. The van der Waals surface area contributed by atoms with Gasteiger partial charge in [-0.25, -0.2) is 8.42 Å². The van der Waals surface area contributed by atoms with Gasteiger partial charge in [-0.05, 0) is 30.3 Å². The SMILES string of the molecule is CCN(Cc1ccc(Cl)s1)S(=O)(=O)c1ccc2[nH]c(=O)c(=O)[nH]c2c1. The lowest BCUT2D eigenvalue weighted by Crippen LogP contribution is -2.31. The fourth-order valence-electron chi connectivity index (χ4n) is 2.38. The van der Waals surface area contributed by atoms with Gasteiger partial charge in [0.05, 0.1) is 20.3 Å². The van der Waals surface area contributed by atoms with Crippen LogP contribution in [0.15, 0.2) is 44.8 Å². The molecule has 2 heterocycles. The van der Waals surface area contributed by atoms with Crippen LogP contribution in [0.2, 0.25) is 4.34 Å². The third-order valence-corrected chi connectivity index (χ3v) is 6.78. The minimum absolute atomic E-state index is 0.0344. The molecule has 3 aromatic rings. The van der Waals surface area contributed by atoms with Crippen LogP contribution in [-0.2, 0) is 16.6 Å². The van der Waals surface area contributed by atoms with Crippen molar-refractivity contribution in [1.29, 1.82) is 0 Å². The molecule has 1 aromatic carbocycles. The minimum Gasteiger partial charge on any atom is -0.316 e. The fourth-order valence-corrected chi connectivity index (χ4v) is 5.02. The molecule has 2 N–H and O–H groups in total. The normalized spacial score (nSPS) is 12.1. The zero-order chi connectivity index (χ0) is 18.2. The summed E-state index contributed by atoms with van der Waals surface area (Å²) < 4.78 is 27.7. The monoisotopic (exact) mass is 399 g/mol. The largest absolute Gasteiger partial charge is 0.316 e. The number of benzene rings is 1. The molecule has 0 saturated heterocycles. The Balaban J connectivity index is 2.02. The first kappa shape index (κ1) is 17.9. The van der Waals surface area contributed by atoms with Crippen molar-refractivity contribution in [2.24, 2.45) is 0 Å². The van der Waals surface area contributed by atoms with Crippen LogP contribution in [-0.4, -0.2) is 29.2 Å². The lowest BCUT2D eigenvalue weighted by atomic mass is 10.3. The number of hydrogen-bond acceptors (Lipinski definition) is 5. The molecule has 0 aliphatic rings. The summed E-state index contributed by atoms with van der Waals surface area (Å²) in [6, 6.07) is 7.70. The Morgan fingerprint density at radius 2 is 1.76 bits per heavy atom. The number of rotatable bonds is 5. The first-order chi connectivity index (χ1) is 11.8. The van der Waals surface area contributed by atoms with E-state index >= 15 is 0 Å². The van der Waals surface area contributed by atoms with Crippen molar-refractivity contribution in [3.8, 4) is 0 Å². The molecule has 3 rings (SSSR count). The molecule has 0 atom stereocenters. The Kier molecular flexibility index (Phi) is 4.83. The third kappa shape index (κ3) is 3.54. The van der Waals surface area contributed by atoms with Crippen molar-refractivity contribution >= 4 is 44.0 Å². The topological polar surface area (TPSA) is 103 Å². The summed E-state index contributed by atoms with van der Waals surface area (Å²) in [5.41, 5.74) is -1.01. The average molecular weight is 400 g/mol. The van der Waals surface area contributed by atoms with Gasteiger partial charge in [0.2, 0.25) is 10.0 Å². The number of halogens is 1. The number of H-pyrrole nitrogens is 2. The minimum atomic E-state index is -3.77. The van der Waals surface area contributed by atoms with E-state index in [9.17, 15) is 18.0 Å². The van der Waals surface area contributed by atoms with Crippen molar-refractivity contribution in [2.75, 3.05) is 6.54 Å². The maximum absolute atomic E-state index is 12.9. The molecular formula is C15H14ClN3O4S2. The molecule has 0 radical (unpaired) electrons. The number of fused-ring (bicyclic) bond motifs is 1. The Bertz CT molecular complexity index is 1150. The zero-order valence-corrected chi connectivity index (χ0v) is 15.5. The van der Waals surface area contributed by atoms with E-state index in [2.05, 4.69) is 9.97 Å². The van der Waals surface area contributed by atoms with Gasteiger partial charge in [0, 0.05) is 18.0 Å². The number of aromatic amines is 2. The maximum atomic E-state index is 12.9. The summed E-state index contributed by atoms with van der Waals surface area (Å²) in [5.74, 6) is 0. The Morgan fingerprint density at radius 3 is 2.36 bits per heavy atom. The van der Waals surface area contributed by atoms with Crippen LogP contribution in [0.5, 0.6) is 0 Å². The van der Waals surface area contributed by atoms with E-state index < -0.39 is 21.1 Å². The quantitative estimate of drug-likeness (QED) is 0.641. The molecule has 0 saturated carbocycles. The van der Waals surface area contributed by atoms with Crippen molar-refractivity contribution in [2.45, 2.75) is 18.4 Å². The van der Waals surface area contributed by atoms with E-state index in [0.717, 1.165) is 4.88 Å². The van der Waals surface area contributed by atoms with Gasteiger partial charge in [-0.1, -0.05) is 18.5 Å². The van der Waals surface area contributed by atoms with Gasteiger partial charge in [-0.15, -0.1) is 11.3 Å². The zero-order valence-electron chi connectivity index (χ0n) is 13.1. The summed E-state index contributed by atoms with van der Waals surface area (Å²) in [4.78, 5) is 28.4. The van der Waals surface area contributed by atoms with Crippen molar-refractivity contribution in [3.63, 3.8) is 0 Å². The highest BCUT2D eigenvalue weighted by Gasteiger charge is 2.24. The molecule has 0 amide bonds. The lowest BCUT2D eigenvalue weighted by molar-refractivity contribution is 0.426. The fraction of sp³-hybridized carbons (Fsp3) is 0.200. The van der Waals surface area contributed by atoms with E-state index in [4.69, 9.17) is 11.6 Å². The van der Waals surface area contributed by atoms with E-state index in [0.29, 0.717) is 9.85 Å². The summed E-state index contributed by atoms with van der Waals surface area (Å²) in [5, 5.41) is 0. The van der Waals surface area contributed by atoms with E-state index in [-0.39, 0.29) is 23.5 Å². The Hall–Kier alpha value is -1.94. The molecule has 0 bridgehead atoms. The molecule has 25 heavy (non-hydrogen) atoms. The van der Waals surface area contributed by atoms with Crippen LogP contribution < -0.4 is 11.1 Å². The van der Waals surface area contributed by atoms with Crippen LogP contribution in [0.4, 0.5) is 0 Å². The predicted molar refractivity (Wildman–Crippen MR) is 97.8 cm³/mol. The highest BCUT2D eigenvalue weighted by molar-refractivity contribution is 7.89. The van der Waals surface area contributed by atoms with Crippen LogP contribution >= 0.6 is 22.9 Å². The van der Waals surface area contributed by atoms with Gasteiger partial charge in [0.25, 0.3) is 0 Å². The summed E-state index contributed by atoms with van der Waals surface area (Å²) in [6.45, 7) is 2.22. The highest BCUT2D eigenvalue weighted by atomic mass is 35.5. The summed E-state index contributed by atoms with van der Waals surface area (Å²) in [6.07, 6.45) is 0. The van der Waals surface area contributed by atoms with Gasteiger partial charge >= 0.3 is 11.1 Å². The van der Waals surface area contributed by atoms with E-state index in [1.807, 2.05) is 0 Å². The van der Waals surface area contributed by atoms with E-state index in [1.54, 1.807) is 19.1 Å². The number of aromatic nitrogens is 2. The molecule has 132 valence electrons. The average Bonchev–Trinajstić information content (AvgIpc) is 2.98. The number of sulfonamides is 1. The summed E-state index contributed by atoms with van der Waals surface area (Å²) >= 11 is 7.22. The molecule has 0 fully saturated rings.